The van der Waals surface area contributed by atoms with Crippen LogP contribution in [0, 0.1) is 0 Å². The molecule has 1 aromatic heterocycles. The van der Waals surface area contributed by atoms with Crippen LogP contribution < -0.4 is 5.69 Å². The molecule has 5 nitrogen and oxygen atoms in total. The molecule has 0 amide bonds. The molecule has 2 rings (SSSR count). The maximum atomic E-state index is 11.4. The fourth-order valence-corrected chi connectivity index (χ4v) is 1.23. The maximum Gasteiger partial charge on any atom is 0.369 e. The molecule has 0 aliphatic carbocycles. The number of rotatable bonds is 2. The smallest absolute Gasteiger partial charge is 0.291 e. The molecule has 1 aromatic carbocycles. The number of aromatic amines is 1. The summed E-state index contributed by atoms with van der Waals surface area (Å²) < 4.78 is 1.23. The van der Waals surface area contributed by atoms with Crippen molar-refractivity contribution in [3.05, 3.63) is 46.6 Å². The Hall–Kier alpha value is -2.17. The Balaban J connectivity index is 2.55. The molecular weight excluding hydrogens is 194 g/mol. The number of hydrogen-bond donors (Lipinski definition) is 1. The maximum absolute atomic E-state index is 11.4. The number of benzene rings is 1. The molecule has 0 bridgehead atoms. The highest BCUT2D eigenvalue weighted by Gasteiger charge is 2.09. The van der Waals surface area contributed by atoms with Gasteiger partial charge < -0.3 is 0 Å². The van der Waals surface area contributed by atoms with Crippen LogP contribution in [-0.4, -0.2) is 20.5 Å². The van der Waals surface area contributed by atoms with E-state index >= 15 is 0 Å². The highest BCUT2D eigenvalue weighted by atomic mass is 16.2. The van der Waals surface area contributed by atoms with Gasteiger partial charge in [0.05, 0.1) is 5.69 Å². The molecular formula is C10H9N3O2. The van der Waals surface area contributed by atoms with Crippen molar-refractivity contribution in [1.29, 1.82) is 0 Å². The summed E-state index contributed by atoms with van der Waals surface area (Å²) in [6.45, 7) is 1.35. The average molecular weight is 203 g/mol. The summed E-state index contributed by atoms with van der Waals surface area (Å²) in [5.74, 6) is -0.189. The molecule has 0 atom stereocenters. The standard InChI is InChI=1S/C10H9N3O2/c1-7(14)9-11-10(15)13(12-9)8-5-3-2-4-6-8/h2-6H,1H3,(H,11,12,15). The fourth-order valence-electron chi connectivity index (χ4n) is 1.23. The largest absolute Gasteiger partial charge is 0.369 e. The molecule has 0 aliphatic heterocycles. The average Bonchev–Trinajstić information content (AvgIpc) is 2.62. The number of carbonyl (C=O) groups excluding carboxylic acids is 1. The molecule has 0 saturated carbocycles. The Kier molecular flexibility index (Phi) is 2.21. The summed E-state index contributed by atoms with van der Waals surface area (Å²) in [7, 11) is 0. The van der Waals surface area contributed by atoms with Gasteiger partial charge in [-0.25, -0.2) is 9.48 Å². The van der Waals surface area contributed by atoms with Crippen LogP contribution in [0.5, 0.6) is 0 Å². The number of Topliss-reactive ketones (excluding diaryl/α,β-unsaturated/α-hetero) is 1. The highest BCUT2D eigenvalue weighted by Crippen LogP contribution is 2.01. The molecule has 1 heterocycles. The minimum absolute atomic E-state index is 0.0730. The van der Waals surface area contributed by atoms with Crippen molar-refractivity contribution in [1.82, 2.24) is 14.8 Å². The van der Waals surface area contributed by atoms with Crippen LogP contribution >= 0.6 is 0 Å². The lowest BCUT2D eigenvalue weighted by molar-refractivity contribution is 0.100. The third-order valence-corrected chi connectivity index (χ3v) is 1.96. The zero-order chi connectivity index (χ0) is 10.8. The molecule has 0 aliphatic rings. The molecule has 0 saturated heterocycles. The molecule has 15 heavy (non-hydrogen) atoms. The van der Waals surface area contributed by atoms with Gasteiger partial charge in [-0.2, -0.15) is 4.98 Å². The van der Waals surface area contributed by atoms with E-state index in [1.54, 1.807) is 24.3 Å². The number of ketones is 1. The summed E-state index contributed by atoms with van der Waals surface area (Å²) in [6.07, 6.45) is 0. The van der Waals surface area contributed by atoms with E-state index in [-0.39, 0.29) is 11.6 Å². The first-order chi connectivity index (χ1) is 7.18. The van der Waals surface area contributed by atoms with Crippen molar-refractivity contribution in [2.75, 3.05) is 0 Å². The number of nitrogens with zero attached hydrogens (tertiary/aromatic N) is 2. The van der Waals surface area contributed by atoms with Crippen LogP contribution in [0.25, 0.3) is 5.69 Å². The van der Waals surface area contributed by atoms with Crippen molar-refractivity contribution in [3.8, 4) is 5.69 Å². The van der Waals surface area contributed by atoms with Gasteiger partial charge in [-0.15, -0.1) is 0 Å². The van der Waals surface area contributed by atoms with Crippen LogP contribution in [0.1, 0.15) is 17.5 Å². The van der Waals surface area contributed by atoms with Crippen molar-refractivity contribution in [2.24, 2.45) is 0 Å². The minimum atomic E-state index is -0.480. The van der Waals surface area contributed by atoms with E-state index in [0.717, 1.165) is 0 Å². The van der Waals surface area contributed by atoms with Gasteiger partial charge in [0.25, 0.3) is 0 Å². The lowest BCUT2D eigenvalue weighted by atomic mass is 10.3. The van der Waals surface area contributed by atoms with E-state index in [1.807, 2.05) is 6.07 Å². The van der Waals surface area contributed by atoms with Crippen LogP contribution in [0.2, 0.25) is 0 Å². The molecule has 2 aromatic rings. The number of aromatic nitrogens is 3. The van der Waals surface area contributed by atoms with Crippen LogP contribution in [-0.2, 0) is 0 Å². The van der Waals surface area contributed by atoms with Crippen molar-refractivity contribution in [3.63, 3.8) is 0 Å². The Morgan fingerprint density at radius 2 is 2.00 bits per heavy atom. The van der Waals surface area contributed by atoms with Gasteiger partial charge in [0.1, 0.15) is 0 Å². The van der Waals surface area contributed by atoms with Gasteiger partial charge in [0, 0.05) is 6.92 Å². The number of nitrogens with one attached hydrogen (secondary N) is 1. The first-order valence-electron chi connectivity index (χ1n) is 4.44. The second kappa shape index (κ2) is 3.53. The first kappa shape index (κ1) is 9.39. The van der Waals surface area contributed by atoms with Gasteiger partial charge in [-0.3, -0.25) is 9.89 Å². The van der Waals surface area contributed by atoms with E-state index in [0.29, 0.717) is 5.69 Å². The Labute approximate surface area is 85.4 Å². The molecule has 5 heteroatoms. The van der Waals surface area contributed by atoms with Crippen molar-refractivity contribution >= 4 is 5.78 Å². The second-order valence-corrected chi connectivity index (χ2v) is 3.08. The lowest BCUT2D eigenvalue weighted by Crippen LogP contribution is -2.15. The van der Waals surface area contributed by atoms with Crippen LogP contribution in [0.3, 0.4) is 0 Å². The van der Waals surface area contributed by atoms with Gasteiger partial charge in [-0.05, 0) is 12.1 Å². The third-order valence-electron chi connectivity index (χ3n) is 1.96. The zero-order valence-electron chi connectivity index (χ0n) is 8.10. The van der Waals surface area contributed by atoms with E-state index in [9.17, 15) is 9.59 Å². The first-order valence-corrected chi connectivity index (χ1v) is 4.44. The minimum Gasteiger partial charge on any atom is -0.291 e. The topological polar surface area (TPSA) is 67.8 Å². The normalized spacial score (nSPS) is 10.2. The van der Waals surface area contributed by atoms with Crippen molar-refractivity contribution < 1.29 is 4.79 Å². The molecule has 0 fully saturated rings. The predicted molar refractivity (Wildman–Crippen MR) is 54.2 cm³/mol. The summed E-state index contributed by atoms with van der Waals surface area (Å²) in [5, 5.41) is 2.64. The number of H-pyrrole nitrogens is 1. The third kappa shape index (κ3) is 1.71. The molecule has 1 N–H and O–H groups in total. The van der Waals surface area contributed by atoms with E-state index < -0.39 is 5.69 Å². The molecule has 0 spiro atoms. The number of hydrogen-bond acceptors (Lipinski definition) is 3. The highest BCUT2D eigenvalue weighted by molar-refractivity contribution is 5.90. The van der Waals surface area contributed by atoms with E-state index in [4.69, 9.17) is 0 Å². The second-order valence-electron chi connectivity index (χ2n) is 3.08. The monoisotopic (exact) mass is 203 g/mol. The SMILES string of the molecule is CC(=O)c1nc(=O)n(-c2ccccc2)[nH]1. The zero-order valence-corrected chi connectivity index (χ0v) is 8.10. The summed E-state index contributed by atoms with van der Waals surface area (Å²) >= 11 is 0. The van der Waals surface area contributed by atoms with E-state index in [1.165, 1.54) is 11.6 Å². The van der Waals surface area contributed by atoms with E-state index in [2.05, 4.69) is 10.1 Å². The Morgan fingerprint density at radius 3 is 2.53 bits per heavy atom. The predicted octanol–water partition coefficient (Wildman–Crippen LogP) is 0.763. The fraction of sp³-hybridized carbons (Fsp3) is 0.100. The Bertz CT molecular complexity index is 539. The number of para-hydroxylation sites is 1. The Morgan fingerprint density at radius 1 is 1.33 bits per heavy atom. The quantitative estimate of drug-likeness (QED) is 0.733. The van der Waals surface area contributed by atoms with Gasteiger partial charge in [0.2, 0.25) is 0 Å². The lowest BCUT2D eigenvalue weighted by Gasteiger charge is -1.98. The molecule has 76 valence electrons. The van der Waals surface area contributed by atoms with Crippen LogP contribution in [0.15, 0.2) is 35.1 Å². The van der Waals surface area contributed by atoms with Crippen LogP contribution in [0.4, 0.5) is 0 Å². The van der Waals surface area contributed by atoms with Gasteiger partial charge in [-0.1, -0.05) is 18.2 Å². The van der Waals surface area contributed by atoms with Gasteiger partial charge in [0.15, 0.2) is 11.6 Å². The summed E-state index contributed by atoms with van der Waals surface area (Å²) in [6, 6.07) is 8.95. The summed E-state index contributed by atoms with van der Waals surface area (Å²) in [4.78, 5) is 26.0. The van der Waals surface area contributed by atoms with Crippen molar-refractivity contribution in [2.45, 2.75) is 6.92 Å². The molecule has 0 radical (unpaired) electrons. The van der Waals surface area contributed by atoms with Gasteiger partial charge >= 0.3 is 5.69 Å². The molecule has 0 unspecified atom stereocenters. The number of carbonyl (C=O) groups is 1. The summed E-state index contributed by atoms with van der Waals surface area (Å²) in [5.41, 5.74) is 0.175.